The summed E-state index contributed by atoms with van der Waals surface area (Å²) in [4.78, 5) is 14.4. The van der Waals surface area contributed by atoms with Gasteiger partial charge in [0.1, 0.15) is 24.4 Å². The lowest BCUT2D eigenvalue weighted by Gasteiger charge is -2.71. The first-order chi connectivity index (χ1) is 20.4. The fourth-order valence-corrected chi connectivity index (χ4v) is 12.0. The van der Waals surface area contributed by atoms with Crippen molar-refractivity contribution in [3.8, 4) is 0 Å². The Morgan fingerprint density at radius 2 is 1.55 bits per heavy atom. The molecule has 250 valence electrons. The lowest BCUT2D eigenvalue weighted by Crippen LogP contribution is -2.65. The van der Waals surface area contributed by atoms with Gasteiger partial charge < -0.3 is 35.0 Å². The van der Waals surface area contributed by atoms with Gasteiger partial charge in [-0.3, -0.25) is 4.79 Å². The Hall–Kier alpha value is -1.03. The minimum absolute atomic E-state index is 0.00434. The highest BCUT2D eigenvalue weighted by atomic mass is 16.7. The molecule has 0 amide bonds. The Kier molecular flexibility index (Phi) is 7.84. The van der Waals surface area contributed by atoms with Crippen LogP contribution < -0.4 is 0 Å². The molecule has 13 atom stereocenters. The summed E-state index contributed by atoms with van der Waals surface area (Å²) in [5.41, 5.74) is 0.719. The average Bonchev–Trinajstić information content (AvgIpc) is 2.95. The van der Waals surface area contributed by atoms with Crippen molar-refractivity contribution in [3.63, 3.8) is 0 Å². The average molecular weight is 619 g/mol. The minimum atomic E-state index is -1.61. The van der Waals surface area contributed by atoms with Gasteiger partial charge in [0.2, 0.25) is 6.29 Å². The molecule has 0 bridgehead atoms. The first-order valence-corrected chi connectivity index (χ1v) is 17.3. The number of fused-ring (bicyclic) bond motifs is 7. The predicted octanol–water partition coefficient (Wildman–Crippen LogP) is 4.49. The number of allylic oxidation sites excluding steroid dienone is 2. The second-order valence-electron chi connectivity index (χ2n) is 17.8. The van der Waals surface area contributed by atoms with Gasteiger partial charge >= 0.3 is 5.97 Å². The van der Waals surface area contributed by atoms with Gasteiger partial charge in [0.05, 0.1) is 18.1 Å². The maximum absolute atomic E-state index is 14.4. The van der Waals surface area contributed by atoms with Crippen molar-refractivity contribution in [2.24, 2.45) is 50.2 Å². The van der Waals surface area contributed by atoms with Crippen LogP contribution in [0, 0.1) is 50.2 Å². The van der Waals surface area contributed by atoms with Crippen molar-refractivity contribution in [1.29, 1.82) is 0 Å². The number of carbonyl (C=O) groups excluding carboxylic acids is 1. The summed E-state index contributed by atoms with van der Waals surface area (Å²) in [5, 5.41) is 52.0. The van der Waals surface area contributed by atoms with E-state index in [2.05, 4.69) is 54.5 Å². The highest BCUT2D eigenvalue weighted by Gasteiger charge is 2.69. The van der Waals surface area contributed by atoms with E-state index in [0.29, 0.717) is 24.7 Å². The number of hydrogen-bond acceptors (Lipinski definition) is 8. The van der Waals surface area contributed by atoms with Crippen LogP contribution in [0.2, 0.25) is 0 Å². The fraction of sp³-hybridized carbons (Fsp3) is 0.917. The molecule has 0 aromatic heterocycles. The standard InChI is InChI=1S/C36H58O8/c1-31(2)14-16-36(30(42)44-29-28(41)27(40)26(39)22(19-37)43-29)17-15-34(6)20(21(36)18-31)8-9-24-33(5)12-11-25(38)32(3,4)23(33)10-13-35(24,34)7/h8,21-29,37-41H,9-19H2,1-7H3/t21-,22-,23+,24-,25+,26-,27+,28-,29+,33+,34-,35-,36+/m1/s1. The van der Waals surface area contributed by atoms with Gasteiger partial charge in [-0.2, -0.15) is 0 Å². The number of esters is 1. The number of aliphatic hydroxyl groups is 5. The summed E-state index contributed by atoms with van der Waals surface area (Å²) in [6.07, 6.45) is 4.05. The van der Waals surface area contributed by atoms with Crippen molar-refractivity contribution < 1.29 is 39.8 Å². The third-order valence-corrected chi connectivity index (χ3v) is 15.1. The van der Waals surface area contributed by atoms with Crippen LogP contribution in [0.15, 0.2) is 11.6 Å². The van der Waals surface area contributed by atoms with E-state index < -0.39 is 48.7 Å². The van der Waals surface area contributed by atoms with Crippen LogP contribution in [0.4, 0.5) is 0 Å². The molecule has 5 N–H and O–H groups in total. The van der Waals surface area contributed by atoms with Gasteiger partial charge in [-0.1, -0.05) is 60.1 Å². The second kappa shape index (κ2) is 10.5. The van der Waals surface area contributed by atoms with E-state index in [1.807, 2.05) is 0 Å². The molecule has 5 fully saturated rings. The second-order valence-corrected chi connectivity index (χ2v) is 17.8. The molecule has 1 saturated heterocycles. The van der Waals surface area contributed by atoms with Crippen LogP contribution in [0.25, 0.3) is 0 Å². The van der Waals surface area contributed by atoms with Crippen LogP contribution >= 0.6 is 0 Å². The van der Waals surface area contributed by atoms with Crippen molar-refractivity contribution in [1.82, 2.24) is 0 Å². The van der Waals surface area contributed by atoms with Gasteiger partial charge in [-0.25, -0.2) is 0 Å². The fourth-order valence-electron chi connectivity index (χ4n) is 12.0. The normalized spacial score (nSPS) is 52.8. The summed E-state index contributed by atoms with van der Waals surface area (Å²) < 4.78 is 11.6. The van der Waals surface area contributed by atoms with Crippen molar-refractivity contribution in [3.05, 3.63) is 11.6 Å². The van der Waals surface area contributed by atoms with Crippen LogP contribution in [-0.2, 0) is 14.3 Å². The lowest BCUT2D eigenvalue weighted by molar-refractivity contribution is -0.297. The van der Waals surface area contributed by atoms with E-state index in [9.17, 15) is 30.3 Å². The van der Waals surface area contributed by atoms with Crippen molar-refractivity contribution in [2.75, 3.05) is 6.61 Å². The maximum atomic E-state index is 14.4. The zero-order chi connectivity index (χ0) is 32.3. The van der Waals surface area contributed by atoms with E-state index in [-0.39, 0.29) is 39.1 Å². The molecule has 0 radical (unpaired) electrons. The molecule has 4 saturated carbocycles. The molecule has 8 heteroatoms. The number of hydrogen-bond donors (Lipinski definition) is 5. The Morgan fingerprint density at radius 1 is 0.864 bits per heavy atom. The zero-order valence-corrected chi connectivity index (χ0v) is 28.0. The molecule has 1 aliphatic heterocycles. The van der Waals surface area contributed by atoms with E-state index in [1.54, 1.807) is 0 Å². The zero-order valence-electron chi connectivity index (χ0n) is 28.0. The van der Waals surface area contributed by atoms with Gasteiger partial charge in [0.25, 0.3) is 0 Å². The minimum Gasteiger partial charge on any atom is -0.432 e. The highest BCUT2D eigenvalue weighted by Crippen LogP contribution is 2.75. The third-order valence-electron chi connectivity index (χ3n) is 15.1. The largest absolute Gasteiger partial charge is 0.432 e. The SMILES string of the molecule is CC1(C)CC[C@]2(C(=O)O[C@@H]3O[C@H](CO)[C@@H](O)[C@H](O)[C@H]3O)CC[C@]3(C)C(=CC[C@@H]4[C@@]5(C)CC[C@H](O)C(C)(C)[C@@H]5CC[C@]43C)[C@H]2C1. The molecule has 0 aromatic carbocycles. The van der Waals surface area contributed by atoms with E-state index in [0.717, 1.165) is 51.4 Å². The van der Waals surface area contributed by atoms with Crippen molar-refractivity contribution in [2.45, 2.75) is 149 Å². The Balaban J connectivity index is 1.35. The summed E-state index contributed by atoms with van der Waals surface area (Å²) in [6, 6.07) is 0. The number of carbonyl (C=O) groups is 1. The molecule has 6 rings (SSSR count). The Bertz CT molecular complexity index is 1180. The molecule has 5 aliphatic carbocycles. The topological polar surface area (TPSA) is 137 Å². The van der Waals surface area contributed by atoms with Crippen LogP contribution in [0.3, 0.4) is 0 Å². The molecule has 1 heterocycles. The molecule has 0 aromatic rings. The molecular formula is C36H58O8. The van der Waals surface area contributed by atoms with Crippen LogP contribution in [0.5, 0.6) is 0 Å². The van der Waals surface area contributed by atoms with Gasteiger partial charge in [-0.05, 0) is 109 Å². The Labute approximate surface area is 263 Å². The highest BCUT2D eigenvalue weighted by molar-refractivity contribution is 5.79. The van der Waals surface area contributed by atoms with Gasteiger partial charge in [0.15, 0.2) is 0 Å². The smallest absolute Gasteiger partial charge is 0.315 e. The molecule has 0 unspecified atom stereocenters. The van der Waals surface area contributed by atoms with Crippen LogP contribution in [0.1, 0.15) is 113 Å². The quantitative estimate of drug-likeness (QED) is 0.231. The summed E-state index contributed by atoms with van der Waals surface area (Å²) in [6.45, 7) is 16.1. The number of ether oxygens (including phenoxy) is 2. The third kappa shape index (κ3) is 4.40. The van der Waals surface area contributed by atoms with Gasteiger partial charge in [0, 0.05) is 0 Å². The predicted molar refractivity (Wildman–Crippen MR) is 165 cm³/mol. The molecular weight excluding hydrogens is 560 g/mol. The monoisotopic (exact) mass is 618 g/mol. The van der Waals surface area contributed by atoms with E-state index >= 15 is 0 Å². The van der Waals surface area contributed by atoms with Crippen molar-refractivity contribution >= 4 is 5.97 Å². The van der Waals surface area contributed by atoms with Crippen LogP contribution in [-0.4, -0.2) is 74.9 Å². The Morgan fingerprint density at radius 3 is 2.23 bits per heavy atom. The summed E-state index contributed by atoms with van der Waals surface area (Å²) in [5.74, 6) is 0.561. The first-order valence-electron chi connectivity index (χ1n) is 17.3. The lowest BCUT2D eigenvalue weighted by atomic mass is 9.33. The van der Waals surface area contributed by atoms with E-state index in [1.165, 1.54) is 5.57 Å². The molecule has 44 heavy (non-hydrogen) atoms. The van der Waals surface area contributed by atoms with E-state index in [4.69, 9.17) is 9.47 Å². The molecule has 0 spiro atoms. The first kappa shape index (κ1) is 32.9. The van der Waals surface area contributed by atoms with Gasteiger partial charge in [-0.15, -0.1) is 0 Å². The molecule has 6 aliphatic rings. The number of rotatable bonds is 3. The maximum Gasteiger partial charge on any atom is 0.315 e. The summed E-state index contributed by atoms with van der Waals surface area (Å²) in [7, 11) is 0. The summed E-state index contributed by atoms with van der Waals surface area (Å²) >= 11 is 0. The number of aliphatic hydroxyl groups excluding tert-OH is 5. The molecule has 8 nitrogen and oxygen atoms in total.